The fraction of sp³-hybridized carbons (Fsp3) is 0.476. The third-order valence-corrected chi connectivity index (χ3v) is 4.49. The van der Waals surface area contributed by atoms with Gasteiger partial charge in [-0.15, -0.1) is 6.42 Å². The summed E-state index contributed by atoms with van der Waals surface area (Å²) in [6.45, 7) is 2.55. The number of ether oxygens (including phenoxy) is 3. The van der Waals surface area contributed by atoms with E-state index in [-0.39, 0.29) is 36.7 Å². The number of carbonyl (C=O) groups is 1. The Bertz CT molecular complexity index is 677. The molecule has 146 valence electrons. The van der Waals surface area contributed by atoms with Crippen molar-refractivity contribution in [3.05, 3.63) is 41.7 Å². The summed E-state index contributed by atoms with van der Waals surface area (Å²) in [5.74, 6) is 2.84. The number of carbonyl (C=O) groups excluding carboxylic acids is 1. The molecule has 6 nitrogen and oxygen atoms in total. The Morgan fingerprint density at radius 2 is 2.11 bits per heavy atom. The molecule has 0 saturated carbocycles. The third kappa shape index (κ3) is 5.49. The average molecular weight is 373 g/mol. The molecule has 3 atom stereocenters. The molecule has 0 spiro atoms. The number of hydrogen-bond acceptors (Lipinski definition) is 5. The van der Waals surface area contributed by atoms with E-state index in [4.69, 9.17) is 20.6 Å². The summed E-state index contributed by atoms with van der Waals surface area (Å²) in [5.41, 5.74) is 1.02. The molecule has 0 bridgehead atoms. The number of amides is 1. The van der Waals surface area contributed by atoms with Crippen LogP contribution < -0.4 is 10.1 Å². The normalized spacial score (nSPS) is 21.6. The first kappa shape index (κ1) is 20.8. The van der Waals surface area contributed by atoms with Crippen LogP contribution in [0.4, 0.5) is 0 Å². The van der Waals surface area contributed by atoms with E-state index in [1.54, 1.807) is 7.11 Å². The van der Waals surface area contributed by atoms with Crippen LogP contribution in [0.5, 0.6) is 5.75 Å². The van der Waals surface area contributed by atoms with Gasteiger partial charge in [0, 0.05) is 25.0 Å². The van der Waals surface area contributed by atoms with Crippen molar-refractivity contribution >= 4 is 5.91 Å². The predicted molar refractivity (Wildman–Crippen MR) is 102 cm³/mol. The lowest BCUT2D eigenvalue weighted by Crippen LogP contribution is -2.39. The minimum atomic E-state index is -0.578. The van der Waals surface area contributed by atoms with E-state index in [9.17, 15) is 9.90 Å². The number of rotatable bonds is 9. The smallest absolute Gasteiger partial charge is 0.286 e. The van der Waals surface area contributed by atoms with Gasteiger partial charge < -0.3 is 24.6 Å². The first-order chi connectivity index (χ1) is 13.1. The van der Waals surface area contributed by atoms with Crippen molar-refractivity contribution in [1.82, 2.24) is 5.32 Å². The van der Waals surface area contributed by atoms with Crippen molar-refractivity contribution in [2.24, 2.45) is 5.92 Å². The van der Waals surface area contributed by atoms with Crippen molar-refractivity contribution in [2.75, 3.05) is 26.9 Å². The molecule has 0 saturated heterocycles. The molecule has 6 heteroatoms. The van der Waals surface area contributed by atoms with Crippen LogP contribution in [0.3, 0.4) is 0 Å². The van der Waals surface area contributed by atoms with E-state index in [2.05, 4.69) is 11.2 Å². The summed E-state index contributed by atoms with van der Waals surface area (Å²) in [4.78, 5) is 12.4. The van der Waals surface area contributed by atoms with Gasteiger partial charge in [-0.3, -0.25) is 4.79 Å². The molecule has 0 unspecified atom stereocenters. The molecule has 0 radical (unpaired) electrons. The lowest BCUT2D eigenvalue weighted by Gasteiger charge is -2.37. The summed E-state index contributed by atoms with van der Waals surface area (Å²) >= 11 is 0. The van der Waals surface area contributed by atoms with Gasteiger partial charge >= 0.3 is 0 Å². The van der Waals surface area contributed by atoms with Gasteiger partial charge in [0.25, 0.3) is 5.91 Å². The van der Waals surface area contributed by atoms with E-state index in [0.717, 1.165) is 11.3 Å². The highest BCUT2D eigenvalue weighted by atomic mass is 16.7. The largest absolute Gasteiger partial charge is 0.497 e. The highest BCUT2D eigenvalue weighted by Gasteiger charge is 2.37. The Hall–Kier alpha value is -2.49. The highest BCUT2D eigenvalue weighted by Crippen LogP contribution is 2.39. The zero-order valence-corrected chi connectivity index (χ0v) is 15.8. The van der Waals surface area contributed by atoms with Crippen molar-refractivity contribution in [3.63, 3.8) is 0 Å². The molecular weight excluding hydrogens is 346 g/mol. The Morgan fingerprint density at radius 1 is 1.37 bits per heavy atom. The molecule has 2 N–H and O–H groups in total. The lowest BCUT2D eigenvalue weighted by atomic mass is 9.80. The molecule has 0 fully saturated rings. The zero-order chi connectivity index (χ0) is 19.6. The summed E-state index contributed by atoms with van der Waals surface area (Å²) in [6.07, 6.45) is 7.77. The summed E-state index contributed by atoms with van der Waals surface area (Å²) in [7, 11) is 1.62. The van der Waals surface area contributed by atoms with Crippen molar-refractivity contribution in [1.29, 1.82) is 0 Å². The molecule has 1 amide bonds. The monoisotopic (exact) mass is 373 g/mol. The van der Waals surface area contributed by atoms with Crippen molar-refractivity contribution < 1.29 is 24.1 Å². The molecule has 1 aliphatic rings. The number of benzene rings is 1. The second-order valence-electron chi connectivity index (χ2n) is 6.19. The number of nitrogens with one attached hydrogen (secondary N) is 1. The second kappa shape index (κ2) is 10.6. The van der Waals surface area contributed by atoms with E-state index in [0.29, 0.717) is 19.4 Å². The summed E-state index contributed by atoms with van der Waals surface area (Å²) in [5, 5.41) is 11.9. The van der Waals surface area contributed by atoms with Crippen molar-refractivity contribution in [3.8, 4) is 18.1 Å². The molecule has 27 heavy (non-hydrogen) atoms. The molecule has 0 aromatic heterocycles. The number of allylic oxidation sites excluding steroid dienone is 1. The Labute approximate surface area is 160 Å². The summed E-state index contributed by atoms with van der Waals surface area (Å²) < 4.78 is 16.9. The van der Waals surface area contributed by atoms with Crippen LogP contribution in [0.2, 0.25) is 0 Å². The van der Waals surface area contributed by atoms with Gasteiger partial charge in [0.15, 0.2) is 5.76 Å². The topological polar surface area (TPSA) is 77.0 Å². The minimum Gasteiger partial charge on any atom is -0.497 e. The van der Waals surface area contributed by atoms with Crippen LogP contribution in [0.15, 0.2) is 36.1 Å². The quantitative estimate of drug-likeness (QED) is 0.649. The molecule has 0 aliphatic carbocycles. The number of terminal acetylenes is 1. The predicted octanol–water partition coefficient (Wildman–Crippen LogP) is 2.19. The third-order valence-electron chi connectivity index (χ3n) is 4.49. The molecular formula is C21H27NO5. The van der Waals surface area contributed by atoms with Crippen LogP contribution in [-0.2, 0) is 14.3 Å². The maximum atomic E-state index is 12.4. The van der Waals surface area contributed by atoms with Gasteiger partial charge in [-0.25, -0.2) is 0 Å². The zero-order valence-electron chi connectivity index (χ0n) is 15.8. The van der Waals surface area contributed by atoms with Crippen LogP contribution in [0, 0.1) is 18.3 Å². The molecule has 1 aromatic rings. The Morgan fingerprint density at radius 3 is 2.70 bits per heavy atom. The fourth-order valence-electron chi connectivity index (χ4n) is 3.19. The van der Waals surface area contributed by atoms with E-state index < -0.39 is 6.29 Å². The highest BCUT2D eigenvalue weighted by molar-refractivity contribution is 5.91. The van der Waals surface area contributed by atoms with Gasteiger partial charge in [0.1, 0.15) is 5.75 Å². The number of aliphatic hydroxyl groups is 1. The first-order valence-electron chi connectivity index (χ1n) is 9.11. The van der Waals surface area contributed by atoms with Crippen LogP contribution in [-0.4, -0.2) is 44.2 Å². The number of hydrogen-bond donors (Lipinski definition) is 2. The number of aliphatic hydroxyl groups excluding tert-OH is 1. The molecule has 1 heterocycles. The van der Waals surface area contributed by atoms with Gasteiger partial charge in [-0.2, -0.15) is 0 Å². The molecule has 1 aromatic carbocycles. The summed E-state index contributed by atoms with van der Waals surface area (Å²) in [6, 6.07) is 7.71. The minimum absolute atomic E-state index is 0.0327. The molecule has 1 aliphatic heterocycles. The fourth-order valence-corrected chi connectivity index (χ4v) is 3.19. The maximum absolute atomic E-state index is 12.4. The number of methoxy groups -OCH3 is 1. The first-order valence-corrected chi connectivity index (χ1v) is 9.11. The van der Waals surface area contributed by atoms with Crippen LogP contribution in [0.25, 0.3) is 0 Å². The average Bonchev–Trinajstić information content (AvgIpc) is 2.70. The SMILES string of the molecule is C#CCNC(=O)C1=C[C@H](c2ccc(OC)cc2)[C@@H](CCCO)[C@H](OCC)O1. The van der Waals surface area contributed by atoms with E-state index >= 15 is 0 Å². The van der Waals surface area contributed by atoms with Gasteiger partial charge in [0.05, 0.1) is 13.7 Å². The van der Waals surface area contributed by atoms with Gasteiger partial charge in [0.2, 0.25) is 6.29 Å². The molecule has 2 rings (SSSR count). The van der Waals surface area contributed by atoms with E-state index in [1.165, 1.54) is 0 Å². The second-order valence-corrected chi connectivity index (χ2v) is 6.19. The Kier molecular flexibility index (Phi) is 8.18. The lowest BCUT2D eigenvalue weighted by molar-refractivity contribution is -0.166. The van der Waals surface area contributed by atoms with Crippen LogP contribution >= 0.6 is 0 Å². The standard InChI is InChI=1S/C21H27NO5/c1-4-12-22-20(24)19-14-18(15-8-10-16(25-3)11-9-15)17(7-6-13-23)21(27-19)26-5-2/h1,8-11,14,17-18,21,23H,5-7,12-13H2,2-3H3,(H,22,24)/t17-,18-,21-/m1/s1. The maximum Gasteiger partial charge on any atom is 0.286 e. The Balaban J connectivity index is 2.37. The van der Waals surface area contributed by atoms with Crippen LogP contribution in [0.1, 0.15) is 31.2 Å². The van der Waals surface area contributed by atoms with Gasteiger partial charge in [-0.1, -0.05) is 18.1 Å². The van der Waals surface area contributed by atoms with Crippen molar-refractivity contribution in [2.45, 2.75) is 32.0 Å². The van der Waals surface area contributed by atoms with Gasteiger partial charge in [-0.05, 0) is 43.5 Å². The van der Waals surface area contributed by atoms with E-state index in [1.807, 2.05) is 37.3 Å².